The molecule has 6 heteroatoms. The minimum Gasteiger partial charge on any atom is -0.227 e. The van der Waals surface area contributed by atoms with Gasteiger partial charge in [-0.1, -0.05) is 11.6 Å². The summed E-state index contributed by atoms with van der Waals surface area (Å²) in [4.78, 5) is 8.35. The third-order valence-electron chi connectivity index (χ3n) is 2.44. The molecule has 0 N–H and O–H groups in total. The second-order valence-electron chi connectivity index (χ2n) is 3.60. The van der Waals surface area contributed by atoms with Crippen molar-refractivity contribution < 1.29 is 8.78 Å². The quantitative estimate of drug-likeness (QED) is 0.622. The third-order valence-corrected chi connectivity index (χ3v) is 3.74. The molecule has 0 radical (unpaired) electrons. The summed E-state index contributed by atoms with van der Waals surface area (Å²) in [6.45, 7) is 0. The molecule has 0 fully saturated rings. The molecule has 0 aliphatic heterocycles. The molecule has 2 aromatic heterocycles. The van der Waals surface area contributed by atoms with Crippen LogP contribution < -0.4 is 0 Å². The zero-order valence-corrected chi connectivity index (χ0v) is 10.4. The Morgan fingerprint density at radius 1 is 1.06 bits per heavy atom. The van der Waals surface area contributed by atoms with E-state index in [2.05, 4.69) is 9.97 Å². The van der Waals surface area contributed by atoms with E-state index in [1.165, 1.54) is 17.4 Å². The van der Waals surface area contributed by atoms with E-state index in [9.17, 15) is 8.78 Å². The molecule has 0 amide bonds. The fourth-order valence-electron chi connectivity index (χ4n) is 1.59. The van der Waals surface area contributed by atoms with Gasteiger partial charge in [-0.2, -0.15) is 0 Å². The molecule has 3 aromatic rings. The predicted octanol–water partition coefficient (Wildman–Crippen LogP) is 4.29. The Balaban J connectivity index is 2.21. The fourth-order valence-corrected chi connectivity index (χ4v) is 2.61. The van der Waals surface area contributed by atoms with Gasteiger partial charge < -0.3 is 0 Å². The van der Waals surface area contributed by atoms with Crippen LogP contribution in [-0.4, -0.2) is 9.97 Å². The largest absolute Gasteiger partial charge is 0.227 e. The number of benzene rings is 1. The Bertz CT molecular complexity index is 742. The van der Waals surface area contributed by atoms with Crippen LogP contribution in [0.3, 0.4) is 0 Å². The summed E-state index contributed by atoms with van der Waals surface area (Å²) < 4.78 is 26.8. The van der Waals surface area contributed by atoms with E-state index >= 15 is 0 Å². The lowest BCUT2D eigenvalue weighted by Crippen LogP contribution is -1.92. The van der Waals surface area contributed by atoms with Crippen molar-refractivity contribution in [3.8, 4) is 11.4 Å². The predicted molar refractivity (Wildman–Crippen MR) is 67.8 cm³/mol. The number of hydrogen-bond donors (Lipinski definition) is 0. The second-order valence-corrected chi connectivity index (χ2v) is 4.88. The van der Waals surface area contributed by atoms with Gasteiger partial charge in [0.05, 0.1) is 10.2 Å². The highest BCUT2D eigenvalue weighted by Crippen LogP contribution is 2.29. The van der Waals surface area contributed by atoms with E-state index in [1.807, 2.05) is 5.38 Å². The SMILES string of the molecule is Fc1ccc(-c2nc(Cl)c3sccc3n2)cc1F. The first-order valence-electron chi connectivity index (χ1n) is 5.01. The maximum Gasteiger partial charge on any atom is 0.161 e. The number of halogens is 3. The van der Waals surface area contributed by atoms with E-state index in [4.69, 9.17) is 11.6 Å². The minimum absolute atomic E-state index is 0.282. The van der Waals surface area contributed by atoms with Crippen LogP contribution in [0, 0.1) is 11.6 Å². The number of fused-ring (bicyclic) bond motifs is 1. The van der Waals surface area contributed by atoms with Crippen LogP contribution in [0.4, 0.5) is 8.78 Å². The molecule has 0 bridgehead atoms. The fraction of sp³-hybridized carbons (Fsp3) is 0. The van der Waals surface area contributed by atoms with Crippen LogP contribution in [-0.2, 0) is 0 Å². The van der Waals surface area contributed by atoms with Crippen LogP contribution in [0.25, 0.3) is 21.6 Å². The Kier molecular flexibility index (Phi) is 2.72. The van der Waals surface area contributed by atoms with E-state index < -0.39 is 11.6 Å². The molecular weight excluding hydrogens is 278 g/mol. The van der Waals surface area contributed by atoms with Crippen LogP contribution >= 0.6 is 22.9 Å². The zero-order chi connectivity index (χ0) is 12.7. The van der Waals surface area contributed by atoms with Gasteiger partial charge >= 0.3 is 0 Å². The summed E-state index contributed by atoms with van der Waals surface area (Å²) in [6, 6.07) is 5.32. The van der Waals surface area contributed by atoms with Crippen molar-refractivity contribution in [1.82, 2.24) is 9.97 Å². The molecule has 0 saturated carbocycles. The summed E-state index contributed by atoms with van der Waals surface area (Å²) in [5.74, 6) is -1.55. The van der Waals surface area contributed by atoms with E-state index in [0.717, 1.165) is 16.8 Å². The standard InChI is InChI=1S/C12H5ClF2N2S/c13-11-10-9(3-4-18-10)16-12(17-11)6-1-2-7(14)8(15)5-6/h1-5H. The van der Waals surface area contributed by atoms with Gasteiger partial charge in [0.1, 0.15) is 0 Å². The highest BCUT2D eigenvalue weighted by Gasteiger charge is 2.11. The third kappa shape index (κ3) is 1.85. The van der Waals surface area contributed by atoms with Crippen molar-refractivity contribution in [3.05, 3.63) is 46.4 Å². The Hall–Kier alpha value is -1.59. The molecule has 18 heavy (non-hydrogen) atoms. The van der Waals surface area contributed by atoms with Gasteiger partial charge in [0.2, 0.25) is 0 Å². The smallest absolute Gasteiger partial charge is 0.161 e. The van der Waals surface area contributed by atoms with Gasteiger partial charge in [0, 0.05) is 5.56 Å². The van der Waals surface area contributed by atoms with E-state index in [1.54, 1.807) is 6.07 Å². The van der Waals surface area contributed by atoms with E-state index in [0.29, 0.717) is 16.2 Å². The average molecular weight is 283 g/mol. The van der Waals surface area contributed by atoms with Crippen LogP contribution in [0.1, 0.15) is 0 Å². The highest BCUT2D eigenvalue weighted by molar-refractivity contribution is 7.17. The first kappa shape index (κ1) is 11.5. The number of aromatic nitrogens is 2. The minimum atomic E-state index is -0.933. The number of nitrogens with zero attached hydrogens (tertiary/aromatic N) is 2. The topological polar surface area (TPSA) is 25.8 Å². The number of hydrogen-bond acceptors (Lipinski definition) is 3. The summed E-state index contributed by atoms with van der Waals surface area (Å²) in [5, 5.41) is 2.16. The number of thiophene rings is 1. The summed E-state index contributed by atoms with van der Waals surface area (Å²) >= 11 is 7.45. The Morgan fingerprint density at radius 3 is 2.67 bits per heavy atom. The van der Waals surface area contributed by atoms with Crippen LogP contribution in [0.2, 0.25) is 5.15 Å². The molecule has 3 rings (SSSR count). The van der Waals surface area contributed by atoms with Gasteiger partial charge in [0.15, 0.2) is 22.6 Å². The number of rotatable bonds is 1. The molecule has 2 nitrogen and oxygen atoms in total. The van der Waals surface area contributed by atoms with Crippen molar-refractivity contribution in [2.24, 2.45) is 0 Å². The van der Waals surface area contributed by atoms with Gasteiger partial charge in [-0.3, -0.25) is 0 Å². The first-order chi connectivity index (χ1) is 8.65. The summed E-state index contributed by atoms with van der Waals surface area (Å²) in [7, 11) is 0. The average Bonchev–Trinajstić information content (AvgIpc) is 2.81. The summed E-state index contributed by atoms with van der Waals surface area (Å²) in [6.07, 6.45) is 0. The maximum absolute atomic E-state index is 13.2. The Labute approximate surface area is 110 Å². The molecule has 1 aromatic carbocycles. The van der Waals surface area contributed by atoms with Gasteiger partial charge in [-0.25, -0.2) is 18.7 Å². The van der Waals surface area contributed by atoms with Crippen molar-refractivity contribution in [2.75, 3.05) is 0 Å². The van der Waals surface area contributed by atoms with Crippen LogP contribution in [0.5, 0.6) is 0 Å². The van der Waals surface area contributed by atoms with Gasteiger partial charge in [-0.05, 0) is 29.6 Å². The Morgan fingerprint density at radius 2 is 1.89 bits per heavy atom. The normalized spacial score (nSPS) is 11.1. The lowest BCUT2D eigenvalue weighted by Gasteiger charge is -2.02. The van der Waals surface area contributed by atoms with Gasteiger partial charge in [-0.15, -0.1) is 11.3 Å². The van der Waals surface area contributed by atoms with Crippen molar-refractivity contribution >= 4 is 33.2 Å². The van der Waals surface area contributed by atoms with Crippen molar-refractivity contribution in [1.29, 1.82) is 0 Å². The van der Waals surface area contributed by atoms with E-state index in [-0.39, 0.29) is 5.82 Å². The molecule has 90 valence electrons. The monoisotopic (exact) mass is 282 g/mol. The van der Waals surface area contributed by atoms with Crippen molar-refractivity contribution in [2.45, 2.75) is 0 Å². The second kappa shape index (κ2) is 4.26. The van der Waals surface area contributed by atoms with Crippen LogP contribution in [0.15, 0.2) is 29.6 Å². The zero-order valence-electron chi connectivity index (χ0n) is 8.82. The molecule has 0 saturated heterocycles. The van der Waals surface area contributed by atoms with Crippen molar-refractivity contribution in [3.63, 3.8) is 0 Å². The summed E-state index contributed by atoms with van der Waals surface area (Å²) in [5.41, 5.74) is 1.09. The molecule has 0 aliphatic rings. The van der Waals surface area contributed by atoms with Gasteiger partial charge in [0.25, 0.3) is 0 Å². The lowest BCUT2D eigenvalue weighted by atomic mass is 10.2. The molecular formula is C12H5ClF2N2S. The molecule has 0 unspecified atom stereocenters. The lowest BCUT2D eigenvalue weighted by molar-refractivity contribution is 0.509. The molecule has 0 spiro atoms. The highest BCUT2D eigenvalue weighted by atomic mass is 35.5. The first-order valence-corrected chi connectivity index (χ1v) is 6.27. The molecule has 0 atom stereocenters. The maximum atomic E-state index is 13.2. The molecule has 0 aliphatic carbocycles. The molecule has 2 heterocycles.